The summed E-state index contributed by atoms with van der Waals surface area (Å²) >= 11 is 4.83. The van der Waals surface area contributed by atoms with Crippen molar-refractivity contribution in [1.29, 1.82) is 0 Å². The molecule has 3 rings (SSSR count). The summed E-state index contributed by atoms with van der Waals surface area (Å²) in [5, 5.41) is 0. The lowest BCUT2D eigenvalue weighted by Crippen LogP contribution is -2.07. The summed E-state index contributed by atoms with van der Waals surface area (Å²) in [6, 6.07) is 10.6. The fraction of sp³-hybridized carbons (Fsp3) is 0.222. The number of hydrogen-bond acceptors (Lipinski definition) is 1. The Balaban J connectivity index is 1.95. The van der Waals surface area contributed by atoms with Crippen molar-refractivity contribution in [3.05, 3.63) is 76.8 Å². The Kier molecular flexibility index (Phi) is 3.74. The van der Waals surface area contributed by atoms with Crippen LogP contribution in [0.25, 0.3) is 5.57 Å². The summed E-state index contributed by atoms with van der Waals surface area (Å²) in [6.07, 6.45) is 14.5. The van der Waals surface area contributed by atoms with Gasteiger partial charge in [0.25, 0.3) is 0 Å². The zero-order valence-electron chi connectivity index (χ0n) is 10.9. The Bertz CT molecular complexity index is 573. The van der Waals surface area contributed by atoms with Gasteiger partial charge in [0.2, 0.25) is 0 Å². The number of rotatable bonds is 2. The van der Waals surface area contributed by atoms with E-state index in [1.54, 1.807) is 0 Å². The maximum Gasteiger partial charge on any atom is 0.0113 e. The number of thiol groups is 1. The molecule has 0 amide bonds. The third-order valence-electron chi connectivity index (χ3n) is 3.82. The van der Waals surface area contributed by atoms with E-state index < -0.39 is 0 Å². The number of hydrogen-bond donors (Lipinski definition) is 1. The highest BCUT2D eigenvalue weighted by Crippen LogP contribution is 2.39. The van der Waals surface area contributed by atoms with Gasteiger partial charge in [0.05, 0.1) is 0 Å². The summed E-state index contributed by atoms with van der Waals surface area (Å²) in [5.74, 6) is 0.497. The average molecular weight is 266 g/mol. The molecule has 19 heavy (non-hydrogen) atoms. The van der Waals surface area contributed by atoms with Crippen LogP contribution in [0.4, 0.5) is 0 Å². The second kappa shape index (κ2) is 5.66. The molecule has 0 heterocycles. The van der Waals surface area contributed by atoms with Crippen LogP contribution in [-0.4, -0.2) is 0 Å². The quantitative estimate of drug-likeness (QED) is 0.701. The summed E-state index contributed by atoms with van der Waals surface area (Å²) in [4.78, 5) is 1.18. The van der Waals surface area contributed by atoms with Crippen molar-refractivity contribution in [3.8, 4) is 0 Å². The SMILES string of the molecule is SC1=C(c2ccccc2)CCC=C1C1C=CC=CC1. The fourth-order valence-electron chi connectivity index (χ4n) is 2.82. The van der Waals surface area contributed by atoms with E-state index in [1.807, 2.05) is 0 Å². The van der Waals surface area contributed by atoms with Crippen LogP contribution in [0.5, 0.6) is 0 Å². The maximum atomic E-state index is 4.83. The maximum absolute atomic E-state index is 4.83. The fourth-order valence-corrected chi connectivity index (χ4v) is 3.32. The third-order valence-corrected chi connectivity index (χ3v) is 4.35. The van der Waals surface area contributed by atoms with E-state index in [9.17, 15) is 0 Å². The molecular weight excluding hydrogens is 248 g/mol. The molecule has 0 aliphatic heterocycles. The zero-order chi connectivity index (χ0) is 13.1. The van der Waals surface area contributed by atoms with Gasteiger partial charge in [0, 0.05) is 10.8 Å². The van der Waals surface area contributed by atoms with E-state index in [-0.39, 0.29) is 0 Å². The molecule has 0 nitrogen and oxygen atoms in total. The molecule has 0 saturated heterocycles. The highest BCUT2D eigenvalue weighted by atomic mass is 32.1. The lowest BCUT2D eigenvalue weighted by molar-refractivity contribution is 0.770. The highest BCUT2D eigenvalue weighted by molar-refractivity contribution is 7.85. The van der Waals surface area contributed by atoms with Crippen molar-refractivity contribution in [2.45, 2.75) is 19.3 Å². The van der Waals surface area contributed by atoms with Crippen molar-refractivity contribution in [2.24, 2.45) is 5.92 Å². The normalized spacial score (nSPS) is 22.6. The average Bonchev–Trinajstić information content (AvgIpc) is 2.49. The summed E-state index contributed by atoms with van der Waals surface area (Å²) < 4.78 is 0. The third kappa shape index (κ3) is 2.62. The molecule has 96 valence electrons. The molecule has 0 N–H and O–H groups in total. The van der Waals surface area contributed by atoms with Crippen molar-refractivity contribution in [1.82, 2.24) is 0 Å². The van der Waals surface area contributed by atoms with Crippen molar-refractivity contribution >= 4 is 18.2 Å². The Morgan fingerprint density at radius 2 is 1.89 bits per heavy atom. The van der Waals surface area contributed by atoms with Crippen LogP contribution in [0.3, 0.4) is 0 Å². The topological polar surface area (TPSA) is 0 Å². The van der Waals surface area contributed by atoms with E-state index in [1.165, 1.54) is 21.6 Å². The number of benzene rings is 1. The van der Waals surface area contributed by atoms with Gasteiger partial charge in [-0.15, -0.1) is 12.6 Å². The lowest BCUT2D eigenvalue weighted by Gasteiger charge is -2.24. The molecule has 2 aliphatic rings. The first-order valence-corrected chi connectivity index (χ1v) is 7.32. The van der Waals surface area contributed by atoms with Gasteiger partial charge in [-0.1, -0.05) is 60.7 Å². The minimum Gasteiger partial charge on any atom is -0.143 e. The van der Waals surface area contributed by atoms with Gasteiger partial charge < -0.3 is 0 Å². The molecule has 0 bridgehead atoms. The van der Waals surface area contributed by atoms with Gasteiger partial charge >= 0.3 is 0 Å². The van der Waals surface area contributed by atoms with E-state index in [4.69, 9.17) is 12.6 Å². The molecule has 1 atom stereocenters. The Morgan fingerprint density at radius 1 is 1.05 bits per heavy atom. The molecule has 1 heteroatoms. The summed E-state index contributed by atoms with van der Waals surface area (Å²) in [7, 11) is 0. The van der Waals surface area contributed by atoms with E-state index in [0.717, 1.165) is 19.3 Å². The molecule has 1 aromatic rings. The smallest absolute Gasteiger partial charge is 0.0113 e. The molecular formula is C18H18S. The summed E-state index contributed by atoms with van der Waals surface area (Å²) in [5.41, 5.74) is 4.10. The van der Waals surface area contributed by atoms with E-state index in [0.29, 0.717) is 5.92 Å². The summed E-state index contributed by atoms with van der Waals surface area (Å²) in [6.45, 7) is 0. The molecule has 1 unspecified atom stereocenters. The molecule has 0 spiro atoms. The monoisotopic (exact) mass is 266 g/mol. The molecule has 0 saturated carbocycles. The number of allylic oxidation sites excluding steroid dienone is 7. The first-order chi connectivity index (χ1) is 9.36. The molecule has 2 aliphatic carbocycles. The van der Waals surface area contributed by atoms with Crippen LogP contribution < -0.4 is 0 Å². The van der Waals surface area contributed by atoms with E-state index >= 15 is 0 Å². The first kappa shape index (κ1) is 12.6. The minimum atomic E-state index is 0.497. The van der Waals surface area contributed by atoms with E-state index in [2.05, 4.69) is 60.7 Å². The minimum absolute atomic E-state index is 0.497. The predicted molar refractivity (Wildman–Crippen MR) is 86.1 cm³/mol. The van der Waals surface area contributed by atoms with Crippen LogP contribution in [-0.2, 0) is 0 Å². The van der Waals surface area contributed by atoms with Gasteiger partial charge in [-0.2, -0.15) is 0 Å². The Hall–Kier alpha value is -1.47. The van der Waals surface area contributed by atoms with Crippen molar-refractivity contribution in [3.63, 3.8) is 0 Å². The van der Waals surface area contributed by atoms with Gasteiger partial charge in [-0.3, -0.25) is 0 Å². The standard InChI is InChI=1S/C18H18S/c19-18-16(14-8-3-1-4-9-14)12-7-13-17(18)15-10-5-2-6-11-15/h1-6,8-10,13,15,19H,7,11-12H2. The molecule has 0 fully saturated rings. The van der Waals surface area contributed by atoms with Gasteiger partial charge in [0.1, 0.15) is 0 Å². The largest absolute Gasteiger partial charge is 0.143 e. The Morgan fingerprint density at radius 3 is 2.63 bits per heavy atom. The lowest BCUT2D eigenvalue weighted by atomic mass is 9.84. The predicted octanol–water partition coefficient (Wildman–Crippen LogP) is 5.18. The van der Waals surface area contributed by atoms with Gasteiger partial charge in [0.15, 0.2) is 0 Å². The molecule has 0 radical (unpaired) electrons. The van der Waals surface area contributed by atoms with Gasteiger partial charge in [-0.25, -0.2) is 0 Å². The van der Waals surface area contributed by atoms with Crippen molar-refractivity contribution < 1.29 is 0 Å². The Labute approximate surface area is 120 Å². The van der Waals surface area contributed by atoms with Crippen LogP contribution in [0, 0.1) is 5.92 Å². The van der Waals surface area contributed by atoms with Crippen LogP contribution in [0.2, 0.25) is 0 Å². The molecule has 1 aromatic carbocycles. The zero-order valence-corrected chi connectivity index (χ0v) is 11.8. The van der Waals surface area contributed by atoms with Crippen LogP contribution in [0.15, 0.2) is 71.2 Å². The van der Waals surface area contributed by atoms with Gasteiger partial charge in [-0.05, 0) is 36.0 Å². The molecule has 0 aromatic heterocycles. The second-order valence-electron chi connectivity index (χ2n) is 5.05. The van der Waals surface area contributed by atoms with Crippen LogP contribution >= 0.6 is 12.6 Å². The first-order valence-electron chi connectivity index (χ1n) is 6.87. The van der Waals surface area contributed by atoms with Crippen LogP contribution in [0.1, 0.15) is 24.8 Å². The highest BCUT2D eigenvalue weighted by Gasteiger charge is 2.20. The van der Waals surface area contributed by atoms with Crippen molar-refractivity contribution in [2.75, 3.05) is 0 Å². The second-order valence-corrected chi connectivity index (χ2v) is 5.49.